The number of carbonyl (C=O) groups is 1. The molecule has 0 fully saturated rings. The molecule has 1 amide bonds. The number of unbranched alkanes of at least 4 members (excludes halogenated alkanes) is 1. The predicted molar refractivity (Wildman–Crippen MR) is 67.1 cm³/mol. The summed E-state index contributed by atoms with van der Waals surface area (Å²) in [6.45, 7) is 1.48. The number of carbonyl (C=O) groups excluding carboxylic acids is 1. The van der Waals surface area contributed by atoms with Gasteiger partial charge in [0.25, 0.3) is 10.0 Å². The Hall–Kier alpha value is -1.54. The SMILES string of the molecule is CCCCN(CC(N)=O)S(=O)(=O)c1ncccc1F. The first-order valence-electron chi connectivity index (χ1n) is 5.78. The van der Waals surface area contributed by atoms with Gasteiger partial charge in [0, 0.05) is 12.7 Å². The number of hydrogen-bond acceptors (Lipinski definition) is 4. The molecular weight excluding hydrogens is 273 g/mol. The second kappa shape index (κ2) is 6.58. The number of aromatic nitrogens is 1. The lowest BCUT2D eigenvalue weighted by atomic mass is 10.3. The Bertz CT molecular complexity index is 548. The fraction of sp³-hybridized carbons (Fsp3) is 0.455. The van der Waals surface area contributed by atoms with Gasteiger partial charge in [-0.15, -0.1) is 0 Å². The van der Waals surface area contributed by atoms with Crippen molar-refractivity contribution < 1.29 is 17.6 Å². The molecule has 6 nitrogen and oxygen atoms in total. The number of sulfonamides is 1. The maximum absolute atomic E-state index is 13.5. The summed E-state index contributed by atoms with van der Waals surface area (Å²) in [5, 5.41) is -0.688. The van der Waals surface area contributed by atoms with Gasteiger partial charge in [-0.3, -0.25) is 4.79 Å². The van der Waals surface area contributed by atoms with Gasteiger partial charge in [0.2, 0.25) is 10.9 Å². The van der Waals surface area contributed by atoms with E-state index in [1.54, 1.807) is 0 Å². The van der Waals surface area contributed by atoms with Gasteiger partial charge < -0.3 is 5.73 Å². The van der Waals surface area contributed by atoms with Crippen molar-refractivity contribution in [3.05, 3.63) is 24.1 Å². The number of halogens is 1. The Morgan fingerprint density at radius 1 is 1.53 bits per heavy atom. The van der Waals surface area contributed by atoms with Gasteiger partial charge in [-0.05, 0) is 18.6 Å². The molecule has 0 radical (unpaired) electrons. The second-order valence-electron chi connectivity index (χ2n) is 3.95. The van der Waals surface area contributed by atoms with Crippen molar-refractivity contribution in [2.45, 2.75) is 24.8 Å². The summed E-state index contributed by atoms with van der Waals surface area (Å²) in [6, 6.07) is 2.29. The van der Waals surface area contributed by atoms with Crippen molar-refractivity contribution in [3.63, 3.8) is 0 Å². The number of rotatable bonds is 7. The van der Waals surface area contributed by atoms with Gasteiger partial charge in [-0.2, -0.15) is 4.31 Å². The van der Waals surface area contributed by atoms with Gasteiger partial charge >= 0.3 is 0 Å². The molecule has 1 aromatic rings. The maximum atomic E-state index is 13.5. The fourth-order valence-electron chi connectivity index (χ4n) is 1.48. The van der Waals surface area contributed by atoms with Crippen LogP contribution in [-0.4, -0.2) is 36.7 Å². The quantitative estimate of drug-likeness (QED) is 0.790. The first-order chi connectivity index (χ1) is 8.89. The van der Waals surface area contributed by atoms with E-state index in [-0.39, 0.29) is 6.54 Å². The maximum Gasteiger partial charge on any atom is 0.264 e. The summed E-state index contributed by atoms with van der Waals surface area (Å²) in [5.41, 5.74) is 5.02. The van der Waals surface area contributed by atoms with Crippen molar-refractivity contribution >= 4 is 15.9 Å². The summed E-state index contributed by atoms with van der Waals surface area (Å²) in [4.78, 5) is 14.5. The van der Waals surface area contributed by atoms with Crippen molar-refractivity contribution in [3.8, 4) is 0 Å². The minimum Gasteiger partial charge on any atom is -0.369 e. The molecule has 0 aliphatic rings. The zero-order valence-electron chi connectivity index (χ0n) is 10.5. The lowest BCUT2D eigenvalue weighted by Crippen LogP contribution is -2.39. The van der Waals surface area contributed by atoms with Crippen LogP contribution in [-0.2, 0) is 14.8 Å². The highest BCUT2D eigenvalue weighted by Crippen LogP contribution is 2.16. The van der Waals surface area contributed by atoms with Crippen LogP contribution in [0.1, 0.15) is 19.8 Å². The van der Waals surface area contributed by atoms with E-state index in [4.69, 9.17) is 5.73 Å². The molecule has 0 saturated carbocycles. The largest absolute Gasteiger partial charge is 0.369 e. The molecule has 0 aliphatic heterocycles. The zero-order chi connectivity index (χ0) is 14.5. The average molecular weight is 289 g/mol. The predicted octanol–water partition coefficient (Wildman–Crippen LogP) is 0.497. The van der Waals surface area contributed by atoms with Crippen LogP contribution in [0, 0.1) is 5.82 Å². The highest BCUT2D eigenvalue weighted by atomic mass is 32.2. The molecule has 0 unspecified atom stereocenters. The molecule has 1 rings (SSSR count). The van der Waals surface area contributed by atoms with E-state index in [1.807, 2.05) is 6.92 Å². The number of nitrogens with two attached hydrogens (primary N) is 1. The Morgan fingerprint density at radius 3 is 2.74 bits per heavy atom. The van der Waals surface area contributed by atoms with Gasteiger partial charge in [-0.25, -0.2) is 17.8 Å². The van der Waals surface area contributed by atoms with Crippen molar-refractivity contribution in [1.82, 2.24) is 9.29 Å². The Kier molecular flexibility index (Phi) is 5.37. The van der Waals surface area contributed by atoms with Gasteiger partial charge in [0.05, 0.1) is 6.54 Å². The summed E-state index contributed by atoms with van der Waals surface area (Å²) < 4.78 is 38.8. The van der Waals surface area contributed by atoms with E-state index in [1.165, 1.54) is 12.3 Å². The smallest absolute Gasteiger partial charge is 0.264 e. The number of nitrogens with zero attached hydrogens (tertiary/aromatic N) is 2. The Balaban J connectivity index is 3.12. The third-order valence-corrected chi connectivity index (χ3v) is 4.18. The van der Waals surface area contributed by atoms with E-state index in [9.17, 15) is 17.6 Å². The minimum absolute atomic E-state index is 0.0950. The standard InChI is InChI=1S/C11H16FN3O3S/c1-2-3-7-15(8-10(13)16)19(17,18)11-9(12)5-4-6-14-11/h4-6H,2-3,7-8H2,1H3,(H2,13,16). The lowest BCUT2D eigenvalue weighted by molar-refractivity contribution is -0.118. The molecule has 1 aromatic heterocycles. The van der Waals surface area contributed by atoms with Crippen LogP contribution < -0.4 is 5.73 Å². The molecular formula is C11H16FN3O3S. The number of amides is 1. The van der Waals surface area contributed by atoms with Gasteiger partial charge in [-0.1, -0.05) is 13.3 Å². The molecule has 0 bridgehead atoms. The molecule has 0 aliphatic carbocycles. The van der Waals surface area contributed by atoms with Crippen molar-refractivity contribution in [2.75, 3.05) is 13.1 Å². The van der Waals surface area contributed by atoms with Crippen LogP contribution >= 0.6 is 0 Å². The van der Waals surface area contributed by atoms with E-state index >= 15 is 0 Å². The van der Waals surface area contributed by atoms with E-state index in [0.29, 0.717) is 6.42 Å². The molecule has 8 heteroatoms. The summed E-state index contributed by atoms with van der Waals surface area (Å²) in [7, 11) is -4.15. The number of primary amides is 1. The molecule has 0 aromatic carbocycles. The third kappa shape index (κ3) is 3.97. The van der Waals surface area contributed by atoms with Gasteiger partial charge in [0.15, 0.2) is 5.82 Å². The highest BCUT2D eigenvalue weighted by molar-refractivity contribution is 7.89. The number of pyridine rings is 1. The molecule has 19 heavy (non-hydrogen) atoms. The topological polar surface area (TPSA) is 93.4 Å². The van der Waals surface area contributed by atoms with Crippen molar-refractivity contribution in [2.24, 2.45) is 5.73 Å². The first-order valence-corrected chi connectivity index (χ1v) is 7.22. The van der Waals surface area contributed by atoms with Crippen LogP contribution in [0.2, 0.25) is 0 Å². The molecule has 0 spiro atoms. The molecule has 2 N–H and O–H groups in total. The fourth-order valence-corrected chi connectivity index (χ4v) is 2.90. The molecule has 0 atom stereocenters. The van der Waals surface area contributed by atoms with E-state index in [0.717, 1.165) is 16.8 Å². The average Bonchev–Trinajstić information content (AvgIpc) is 2.34. The number of hydrogen-bond donors (Lipinski definition) is 1. The summed E-state index contributed by atoms with van der Waals surface area (Å²) in [6.07, 6.45) is 2.45. The Morgan fingerprint density at radius 2 is 2.21 bits per heavy atom. The van der Waals surface area contributed by atoms with E-state index < -0.39 is 33.3 Å². The van der Waals surface area contributed by atoms with E-state index in [2.05, 4.69) is 4.98 Å². The highest BCUT2D eigenvalue weighted by Gasteiger charge is 2.29. The Labute approximate surface area is 111 Å². The molecule has 106 valence electrons. The van der Waals surface area contributed by atoms with Gasteiger partial charge in [0.1, 0.15) is 0 Å². The first kappa shape index (κ1) is 15.5. The summed E-state index contributed by atoms with van der Waals surface area (Å²) >= 11 is 0. The minimum atomic E-state index is -4.15. The van der Waals surface area contributed by atoms with Crippen molar-refractivity contribution in [1.29, 1.82) is 0 Å². The van der Waals surface area contributed by atoms with Crippen LogP contribution in [0.4, 0.5) is 4.39 Å². The third-order valence-electron chi connectivity index (χ3n) is 2.40. The summed E-state index contributed by atoms with van der Waals surface area (Å²) in [5.74, 6) is -1.75. The monoisotopic (exact) mass is 289 g/mol. The molecule has 1 heterocycles. The zero-order valence-corrected chi connectivity index (χ0v) is 11.4. The van der Waals surface area contributed by atoms with Crippen LogP contribution in [0.15, 0.2) is 23.4 Å². The normalized spacial score (nSPS) is 11.7. The van der Waals surface area contributed by atoms with Crippen LogP contribution in [0.5, 0.6) is 0 Å². The van der Waals surface area contributed by atoms with Crippen LogP contribution in [0.3, 0.4) is 0 Å². The lowest BCUT2D eigenvalue weighted by Gasteiger charge is -2.19. The molecule has 0 saturated heterocycles. The second-order valence-corrected chi connectivity index (χ2v) is 5.80. The van der Waals surface area contributed by atoms with Crippen LogP contribution in [0.25, 0.3) is 0 Å².